The zero-order valence-corrected chi connectivity index (χ0v) is 22.2. The quantitative estimate of drug-likeness (QED) is 0.0890. The number of halogens is 22. The van der Waals surface area contributed by atoms with E-state index in [2.05, 4.69) is 0 Å². The smallest absolute Gasteiger partial charge is 0.453 e. The summed E-state index contributed by atoms with van der Waals surface area (Å²) in [7, 11) is 0. The number of nitrogens with one attached hydrogen (secondary N) is 1. The van der Waals surface area contributed by atoms with E-state index in [1.54, 1.807) is 4.74 Å². The van der Waals surface area contributed by atoms with Gasteiger partial charge in [0.05, 0.1) is 5.56 Å². The number of hydrogen-bond donors (Lipinski definition) is 2. The molecular formula is C20H2F22N2O7. The third-order valence-electron chi connectivity index (χ3n) is 5.66. The first-order chi connectivity index (χ1) is 22.4. The van der Waals surface area contributed by atoms with E-state index in [-0.39, 0.29) is 0 Å². The van der Waals surface area contributed by atoms with Crippen LogP contribution in [0.3, 0.4) is 0 Å². The van der Waals surface area contributed by atoms with Crippen LogP contribution in [0.2, 0.25) is 0 Å². The number of benzene rings is 1. The third kappa shape index (κ3) is 6.32. The van der Waals surface area contributed by atoms with Crippen LogP contribution in [0.1, 0.15) is 5.56 Å². The molecule has 51 heavy (non-hydrogen) atoms. The molecule has 2 N–H and O–H groups in total. The molecule has 0 saturated heterocycles. The Bertz CT molecular complexity index is 1660. The van der Waals surface area contributed by atoms with Crippen LogP contribution in [0.4, 0.5) is 96.6 Å². The van der Waals surface area contributed by atoms with Gasteiger partial charge < -0.3 is 5.11 Å². The van der Waals surface area contributed by atoms with Crippen LogP contribution in [0.5, 0.6) is 0 Å². The van der Waals surface area contributed by atoms with Crippen molar-refractivity contribution in [3.05, 3.63) is 46.3 Å². The van der Waals surface area contributed by atoms with Crippen molar-refractivity contribution in [2.75, 3.05) is 0 Å². The second kappa shape index (κ2) is 12.3. The number of hydrogen-bond acceptors (Lipinski definition) is 6. The number of carbonyl (C=O) groups is 4. The number of carboxylic acid groups (broad SMARTS) is 1. The van der Waals surface area contributed by atoms with E-state index in [0.717, 1.165) is 0 Å². The molecule has 1 aliphatic rings. The van der Waals surface area contributed by atoms with Crippen LogP contribution >= 0.6 is 0 Å². The molecule has 0 saturated carbocycles. The third-order valence-corrected chi connectivity index (χ3v) is 5.66. The molecule has 1 heterocycles. The molecule has 1 aromatic carbocycles. The number of alkyl halides is 15. The van der Waals surface area contributed by atoms with Crippen LogP contribution in [-0.2, 0) is 34.3 Å². The highest BCUT2D eigenvalue weighted by Gasteiger charge is 2.78. The fourth-order valence-electron chi connectivity index (χ4n) is 3.16. The minimum atomic E-state index is -8.04. The van der Waals surface area contributed by atoms with Crippen molar-refractivity contribution in [2.24, 2.45) is 0 Å². The number of amides is 3. The van der Waals surface area contributed by atoms with Gasteiger partial charge >= 0.3 is 60.0 Å². The normalized spacial score (nSPS) is 16.9. The molecular weight excluding hydrogens is 798 g/mol. The average molecular weight is 800 g/mol. The van der Waals surface area contributed by atoms with E-state index < -0.39 is 128 Å². The maximum atomic E-state index is 14.9. The molecule has 0 fully saturated rings. The van der Waals surface area contributed by atoms with Crippen LogP contribution in [0.25, 0.3) is 0 Å². The number of ether oxygens (including phenoxy) is 2. The Morgan fingerprint density at radius 1 is 0.549 bits per heavy atom. The summed E-state index contributed by atoms with van der Waals surface area (Å²) in [6.07, 6.45) is -31.6. The van der Waals surface area contributed by atoms with Crippen molar-refractivity contribution < 1.29 is 130 Å². The molecule has 0 aromatic heterocycles. The van der Waals surface area contributed by atoms with Crippen molar-refractivity contribution in [3.63, 3.8) is 0 Å². The minimum absolute atomic E-state index is 1.29. The molecule has 1 aromatic rings. The van der Waals surface area contributed by atoms with E-state index in [1.807, 2.05) is 0 Å². The number of aliphatic carboxylic acids is 1. The van der Waals surface area contributed by atoms with Crippen molar-refractivity contribution >= 4 is 23.7 Å². The van der Waals surface area contributed by atoms with Gasteiger partial charge in [0.2, 0.25) is 17.5 Å². The molecule has 9 nitrogen and oxygen atoms in total. The van der Waals surface area contributed by atoms with Gasteiger partial charge in [0.1, 0.15) is 0 Å². The van der Waals surface area contributed by atoms with Crippen molar-refractivity contribution in [1.82, 2.24) is 10.2 Å². The van der Waals surface area contributed by atoms with E-state index in [1.165, 1.54) is 4.74 Å². The summed E-state index contributed by atoms with van der Waals surface area (Å²) >= 11 is 0. The molecule has 0 radical (unpaired) electrons. The predicted octanol–water partition coefficient (Wildman–Crippen LogP) is 5.49. The van der Waals surface area contributed by atoms with E-state index in [4.69, 9.17) is 5.11 Å². The molecule has 1 atom stereocenters. The maximum Gasteiger partial charge on any atom is 0.453 e. The Morgan fingerprint density at radius 3 is 1.24 bits per heavy atom. The predicted molar refractivity (Wildman–Crippen MR) is 103 cm³/mol. The van der Waals surface area contributed by atoms with Gasteiger partial charge in [-0.25, -0.2) is 45.5 Å². The lowest BCUT2D eigenvalue weighted by molar-refractivity contribution is -0.535. The summed E-state index contributed by atoms with van der Waals surface area (Å²) in [5.41, 5.74) is -11.0. The SMILES string of the molecule is O=C1C(F)=C(F)C(=O)N1C(F)(F)C(F)(F)C(=O)NC(F)(F)C(F)(F)OC(F)(F)C(F)(F)OC(F)(F)C(F)(C(=O)O)c1c(F)c(F)c(F)c(F)c1F. The van der Waals surface area contributed by atoms with Gasteiger partial charge in [-0.15, -0.1) is 0 Å². The van der Waals surface area contributed by atoms with E-state index in [9.17, 15) is 116 Å². The van der Waals surface area contributed by atoms with Gasteiger partial charge in [-0.2, -0.15) is 70.2 Å². The highest BCUT2D eigenvalue weighted by molar-refractivity contribution is 6.17. The number of carboxylic acids is 1. The standard InChI is InChI=1S/C20H2F22N2O7/c21-2-1(3(22)5(24)6(25)4(2)23)13(28,12(48)49)17(35,36)50-19(39,40)20(41,42)51-18(37,38)15(31,32)43-11(47)14(29,30)16(33,34)44-9(45)7(26)8(27)10(44)46/h(H,43,47)(H,48,49). The van der Waals surface area contributed by atoms with Gasteiger partial charge in [-0.1, -0.05) is 0 Å². The Kier molecular flexibility index (Phi) is 10.3. The van der Waals surface area contributed by atoms with Gasteiger partial charge in [-0.3, -0.25) is 19.7 Å². The molecule has 288 valence electrons. The molecule has 0 aliphatic carbocycles. The molecule has 2 rings (SSSR count). The van der Waals surface area contributed by atoms with Crippen LogP contribution in [0, 0.1) is 29.1 Å². The summed E-state index contributed by atoms with van der Waals surface area (Å²) in [6, 6.07) is -14.6. The van der Waals surface area contributed by atoms with Gasteiger partial charge in [0, 0.05) is 0 Å². The summed E-state index contributed by atoms with van der Waals surface area (Å²) in [5.74, 6) is -47.8. The first-order valence-corrected chi connectivity index (χ1v) is 11.2. The zero-order chi connectivity index (χ0) is 40.6. The lowest BCUT2D eigenvalue weighted by Gasteiger charge is -2.36. The Labute approximate surface area is 259 Å². The van der Waals surface area contributed by atoms with Gasteiger partial charge in [0.15, 0.2) is 23.3 Å². The minimum Gasteiger partial charge on any atom is -0.478 e. The van der Waals surface area contributed by atoms with Crippen molar-refractivity contribution in [3.8, 4) is 0 Å². The fourth-order valence-corrected chi connectivity index (χ4v) is 3.16. The molecule has 0 bridgehead atoms. The molecule has 0 spiro atoms. The monoisotopic (exact) mass is 800 g/mol. The molecule has 1 unspecified atom stereocenters. The first-order valence-electron chi connectivity index (χ1n) is 11.2. The first kappa shape index (κ1) is 42.6. The topological polar surface area (TPSA) is 122 Å². The van der Waals surface area contributed by atoms with Crippen molar-refractivity contribution in [2.45, 2.75) is 48.1 Å². The van der Waals surface area contributed by atoms with E-state index in [0.29, 0.717) is 0 Å². The largest absolute Gasteiger partial charge is 0.478 e. The van der Waals surface area contributed by atoms with Crippen molar-refractivity contribution in [1.29, 1.82) is 0 Å². The number of nitrogens with zero attached hydrogens (tertiary/aromatic N) is 1. The summed E-state index contributed by atoms with van der Waals surface area (Å²) < 4.78 is 307. The zero-order valence-electron chi connectivity index (χ0n) is 22.2. The summed E-state index contributed by atoms with van der Waals surface area (Å²) in [5, 5.41) is 7.33. The van der Waals surface area contributed by atoms with Crippen LogP contribution in [0.15, 0.2) is 11.7 Å². The van der Waals surface area contributed by atoms with Crippen LogP contribution < -0.4 is 5.32 Å². The lowest BCUT2D eigenvalue weighted by atomic mass is 9.92. The Hall–Kier alpha value is -4.58. The second-order valence-electron chi connectivity index (χ2n) is 8.90. The summed E-state index contributed by atoms with van der Waals surface area (Å²) in [4.78, 5) is 42.2. The molecule has 31 heteroatoms. The highest BCUT2D eigenvalue weighted by Crippen LogP contribution is 2.52. The lowest BCUT2D eigenvalue weighted by Crippen LogP contribution is -2.67. The Balaban J connectivity index is 2.48. The maximum absolute atomic E-state index is 14.9. The Morgan fingerprint density at radius 2 is 0.882 bits per heavy atom. The second-order valence-corrected chi connectivity index (χ2v) is 8.90. The number of rotatable bonds is 13. The van der Waals surface area contributed by atoms with E-state index >= 15 is 0 Å². The molecule has 1 aliphatic heterocycles. The van der Waals surface area contributed by atoms with Crippen LogP contribution in [-0.4, -0.2) is 76.1 Å². The number of carbonyl (C=O) groups excluding carboxylic acids is 3. The fraction of sp³-hybridized carbons (Fsp3) is 0.400. The average Bonchev–Trinajstić information content (AvgIpc) is 3.15. The molecule has 3 amide bonds. The van der Waals surface area contributed by atoms with Gasteiger partial charge in [0.25, 0.3) is 11.8 Å². The summed E-state index contributed by atoms with van der Waals surface area (Å²) in [6.45, 7) is 0. The number of imide groups is 1. The van der Waals surface area contributed by atoms with Gasteiger partial charge in [-0.05, 0) is 0 Å². The highest BCUT2D eigenvalue weighted by atomic mass is 19.4.